The summed E-state index contributed by atoms with van der Waals surface area (Å²) in [5.74, 6) is 0.332. The predicted octanol–water partition coefficient (Wildman–Crippen LogP) is 2.59. The highest BCUT2D eigenvalue weighted by Crippen LogP contribution is 2.38. The van der Waals surface area contributed by atoms with E-state index in [0.29, 0.717) is 16.7 Å². The minimum absolute atomic E-state index is 0. The van der Waals surface area contributed by atoms with E-state index in [4.69, 9.17) is 4.74 Å². The first-order valence-electron chi connectivity index (χ1n) is 8.54. The number of rotatable bonds is 7. The highest BCUT2D eigenvalue weighted by Gasteiger charge is 2.21. The van der Waals surface area contributed by atoms with E-state index in [1.165, 1.54) is 7.11 Å². The van der Waals surface area contributed by atoms with Crippen LogP contribution < -0.4 is 15.3 Å². The molecular weight excluding hydrogens is 368 g/mol. The molecule has 3 rings (SSSR count). The molecule has 0 radical (unpaired) electrons. The Morgan fingerprint density at radius 2 is 1.93 bits per heavy atom. The average Bonchev–Trinajstić information content (AvgIpc) is 2.62. The van der Waals surface area contributed by atoms with Crippen LogP contribution in [0.5, 0.6) is 5.75 Å². The number of benzene rings is 2. The standard InChI is InChI=1S/C19H24N4O3.ClH/c1-22(2)12-6-11-20-18-13-7-4-5-8-14(13)21-15-9-10-16(26-3)19(17(15)18)23(24)25;/h4-5,7-10,23-24H,6,11-12H2,1-3H3,(H,20,21);1H. The molecular formula is C19H25ClN4O3. The number of quaternary nitrogens is 1. The van der Waals surface area contributed by atoms with Gasteiger partial charge in [-0.2, -0.15) is 5.23 Å². The zero-order valence-corrected chi connectivity index (χ0v) is 16.5. The van der Waals surface area contributed by atoms with Crippen molar-refractivity contribution in [1.29, 1.82) is 0 Å². The van der Waals surface area contributed by atoms with Crippen molar-refractivity contribution in [2.45, 2.75) is 6.42 Å². The van der Waals surface area contributed by atoms with Gasteiger partial charge in [0, 0.05) is 11.9 Å². The van der Waals surface area contributed by atoms with Gasteiger partial charge in [0.1, 0.15) is 0 Å². The monoisotopic (exact) mass is 392 g/mol. The number of ether oxygens (including phenoxy) is 1. The van der Waals surface area contributed by atoms with Crippen LogP contribution in [0.1, 0.15) is 6.42 Å². The molecule has 0 saturated heterocycles. The maximum atomic E-state index is 12.0. The molecule has 0 amide bonds. The lowest BCUT2D eigenvalue weighted by molar-refractivity contribution is -0.990. The molecule has 0 aliphatic carbocycles. The number of hydrogen-bond acceptors (Lipinski definition) is 6. The third-order valence-electron chi connectivity index (χ3n) is 4.33. The molecule has 2 aromatic carbocycles. The number of pyridine rings is 1. The number of anilines is 1. The normalized spacial score (nSPS) is 12.2. The first kappa shape index (κ1) is 21.1. The SMILES string of the molecule is COc1ccc2nc3ccccc3c(NCCCN(C)C)c2c1[NH+]([O-])O.Cl. The van der Waals surface area contributed by atoms with Crippen LogP contribution in [0, 0.1) is 5.21 Å². The predicted molar refractivity (Wildman–Crippen MR) is 110 cm³/mol. The Morgan fingerprint density at radius 3 is 2.59 bits per heavy atom. The van der Waals surface area contributed by atoms with Crippen molar-refractivity contribution in [1.82, 2.24) is 9.88 Å². The molecule has 0 aliphatic rings. The van der Waals surface area contributed by atoms with E-state index in [1.807, 2.05) is 38.4 Å². The topological polar surface area (TPSA) is 85.1 Å². The maximum Gasteiger partial charge on any atom is 0.217 e. The molecule has 146 valence electrons. The van der Waals surface area contributed by atoms with E-state index in [1.54, 1.807) is 12.1 Å². The third-order valence-corrected chi connectivity index (χ3v) is 4.33. The lowest BCUT2D eigenvalue weighted by atomic mass is 10.1. The molecule has 8 heteroatoms. The van der Waals surface area contributed by atoms with Crippen molar-refractivity contribution in [3.63, 3.8) is 0 Å². The number of hydrogen-bond donors (Lipinski definition) is 3. The van der Waals surface area contributed by atoms with Crippen LogP contribution in [0.25, 0.3) is 21.8 Å². The fraction of sp³-hybridized carbons (Fsp3) is 0.316. The van der Waals surface area contributed by atoms with E-state index in [2.05, 4.69) is 15.2 Å². The molecule has 1 heterocycles. The van der Waals surface area contributed by atoms with Gasteiger partial charge in [-0.25, -0.2) is 10.2 Å². The Morgan fingerprint density at radius 1 is 1.19 bits per heavy atom. The van der Waals surface area contributed by atoms with Gasteiger partial charge in [-0.05, 0) is 45.3 Å². The molecule has 7 nitrogen and oxygen atoms in total. The Labute approximate surface area is 164 Å². The molecule has 0 spiro atoms. The van der Waals surface area contributed by atoms with Gasteiger partial charge in [0.2, 0.25) is 5.69 Å². The smallest absolute Gasteiger partial charge is 0.217 e. The summed E-state index contributed by atoms with van der Waals surface area (Å²) < 4.78 is 5.30. The Hall–Kier alpha value is -2.16. The van der Waals surface area contributed by atoms with Gasteiger partial charge in [0.25, 0.3) is 0 Å². The minimum atomic E-state index is -1.03. The average molecular weight is 393 g/mol. The summed E-state index contributed by atoms with van der Waals surface area (Å²) in [7, 11) is 5.54. The Bertz CT molecular complexity index is 918. The molecule has 3 N–H and O–H groups in total. The largest absolute Gasteiger partial charge is 0.595 e. The fourth-order valence-corrected chi connectivity index (χ4v) is 3.14. The number of para-hydroxylation sites is 1. The van der Waals surface area contributed by atoms with Gasteiger partial charge in [-0.15, -0.1) is 12.4 Å². The van der Waals surface area contributed by atoms with E-state index in [-0.39, 0.29) is 18.1 Å². The van der Waals surface area contributed by atoms with Crippen molar-refractivity contribution in [2.75, 3.05) is 39.6 Å². The molecule has 1 aromatic heterocycles. The molecule has 0 aliphatic heterocycles. The minimum Gasteiger partial charge on any atom is -0.595 e. The van der Waals surface area contributed by atoms with Gasteiger partial charge in [-0.1, -0.05) is 18.2 Å². The summed E-state index contributed by atoms with van der Waals surface area (Å²) >= 11 is 0. The van der Waals surface area contributed by atoms with Crippen molar-refractivity contribution in [3.8, 4) is 5.75 Å². The van der Waals surface area contributed by atoms with Crippen LogP contribution >= 0.6 is 12.4 Å². The van der Waals surface area contributed by atoms with Crippen molar-refractivity contribution >= 4 is 45.6 Å². The molecule has 1 atom stereocenters. The summed E-state index contributed by atoms with van der Waals surface area (Å²) in [4.78, 5) is 6.77. The fourth-order valence-electron chi connectivity index (χ4n) is 3.14. The highest BCUT2D eigenvalue weighted by atomic mass is 35.5. The van der Waals surface area contributed by atoms with Crippen LogP contribution in [-0.4, -0.2) is 49.4 Å². The van der Waals surface area contributed by atoms with Crippen LogP contribution in [0.15, 0.2) is 36.4 Å². The number of fused-ring (bicyclic) bond motifs is 2. The summed E-state index contributed by atoms with van der Waals surface area (Å²) in [5, 5.41) is 25.7. The van der Waals surface area contributed by atoms with Crippen molar-refractivity contribution in [2.24, 2.45) is 0 Å². The molecule has 3 aromatic rings. The maximum absolute atomic E-state index is 12.0. The summed E-state index contributed by atoms with van der Waals surface area (Å²) in [6.07, 6.45) is 0.942. The number of aromatic nitrogens is 1. The van der Waals surface area contributed by atoms with Crippen LogP contribution in [0.2, 0.25) is 0 Å². The van der Waals surface area contributed by atoms with Gasteiger partial charge in [0.15, 0.2) is 5.75 Å². The zero-order chi connectivity index (χ0) is 18.7. The summed E-state index contributed by atoms with van der Waals surface area (Å²) in [6, 6.07) is 11.2. The van der Waals surface area contributed by atoms with Crippen LogP contribution in [0.3, 0.4) is 0 Å². The second kappa shape index (κ2) is 9.16. The lowest BCUT2D eigenvalue weighted by Gasteiger charge is -2.20. The summed E-state index contributed by atoms with van der Waals surface area (Å²) in [6.45, 7) is 1.68. The number of nitrogens with zero attached hydrogens (tertiary/aromatic N) is 2. The Kier molecular flexibility index (Phi) is 7.18. The molecule has 0 fully saturated rings. The highest BCUT2D eigenvalue weighted by molar-refractivity contribution is 6.12. The molecule has 1 unspecified atom stereocenters. The number of methoxy groups -OCH3 is 1. The number of nitrogens with one attached hydrogen (secondary N) is 2. The summed E-state index contributed by atoms with van der Waals surface area (Å²) in [5.41, 5.74) is 2.40. The van der Waals surface area contributed by atoms with E-state index in [0.717, 1.165) is 36.1 Å². The van der Waals surface area contributed by atoms with Gasteiger partial charge < -0.3 is 20.2 Å². The lowest BCUT2D eigenvalue weighted by Crippen LogP contribution is -2.99. The van der Waals surface area contributed by atoms with Gasteiger partial charge in [0.05, 0.1) is 29.2 Å². The number of halogens is 1. The first-order chi connectivity index (χ1) is 12.5. The Balaban J connectivity index is 0.00000261. The van der Waals surface area contributed by atoms with Gasteiger partial charge in [-0.3, -0.25) is 0 Å². The van der Waals surface area contributed by atoms with Crippen molar-refractivity contribution in [3.05, 3.63) is 41.6 Å². The van der Waals surface area contributed by atoms with E-state index in [9.17, 15) is 10.4 Å². The van der Waals surface area contributed by atoms with Crippen LogP contribution in [-0.2, 0) is 0 Å². The van der Waals surface area contributed by atoms with Gasteiger partial charge >= 0.3 is 0 Å². The van der Waals surface area contributed by atoms with Crippen molar-refractivity contribution < 1.29 is 15.2 Å². The van der Waals surface area contributed by atoms with Crippen LogP contribution in [0.4, 0.5) is 11.4 Å². The van der Waals surface area contributed by atoms with E-state index < -0.39 is 5.23 Å². The molecule has 27 heavy (non-hydrogen) atoms. The first-order valence-corrected chi connectivity index (χ1v) is 8.54. The second-order valence-electron chi connectivity index (χ2n) is 6.43. The molecule has 0 bridgehead atoms. The third kappa shape index (κ3) is 4.40. The second-order valence-corrected chi connectivity index (χ2v) is 6.43. The zero-order valence-electron chi connectivity index (χ0n) is 15.7. The molecule has 0 saturated carbocycles. The van der Waals surface area contributed by atoms with E-state index >= 15 is 0 Å². The quantitative estimate of drug-likeness (QED) is 0.325.